The quantitative estimate of drug-likeness (QED) is 0.327. The van der Waals surface area contributed by atoms with Gasteiger partial charge >= 0.3 is 0 Å². The molecule has 0 spiro atoms. The number of nitrogens with zero attached hydrogens (tertiary/aromatic N) is 4. The highest BCUT2D eigenvalue weighted by Gasteiger charge is 2.30. The van der Waals surface area contributed by atoms with E-state index >= 15 is 0 Å². The number of nitriles is 1. The maximum atomic E-state index is 14.0. The molecular weight excluding hydrogens is 479 g/mol. The maximum Gasteiger partial charge on any atom is 0.216 e. The first-order chi connectivity index (χ1) is 17.2. The first-order valence-electron chi connectivity index (χ1n) is 11.6. The molecule has 0 amide bonds. The summed E-state index contributed by atoms with van der Waals surface area (Å²) in [6.07, 6.45) is 6.01. The van der Waals surface area contributed by atoms with Crippen LogP contribution in [0.4, 0.5) is 10.1 Å². The van der Waals surface area contributed by atoms with Gasteiger partial charge in [-0.2, -0.15) is 9.65 Å². The van der Waals surface area contributed by atoms with Crippen LogP contribution in [0.1, 0.15) is 42.1 Å². The molecule has 4 rings (SSSR count). The molecule has 188 valence electrons. The van der Waals surface area contributed by atoms with Crippen molar-refractivity contribution in [3.05, 3.63) is 83.2 Å². The van der Waals surface area contributed by atoms with Crippen LogP contribution in [0.3, 0.4) is 0 Å². The molecule has 1 aliphatic heterocycles. The van der Waals surface area contributed by atoms with E-state index in [0.717, 1.165) is 18.9 Å². The molecule has 3 aromatic rings. The van der Waals surface area contributed by atoms with Crippen molar-refractivity contribution in [3.8, 4) is 6.07 Å². The lowest BCUT2D eigenvalue weighted by atomic mass is 9.94. The molecule has 3 unspecified atom stereocenters. The number of aryl methyl sites for hydroxylation is 2. The van der Waals surface area contributed by atoms with Gasteiger partial charge in [-0.3, -0.25) is 0 Å². The fraction of sp³-hybridized carbons (Fsp3) is 0.308. The lowest BCUT2D eigenvalue weighted by Gasteiger charge is -2.23. The Kier molecular flexibility index (Phi) is 7.54. The minimum absolute atomic E-state index is 0.111. The highest BCUT2D eigenvalue weighted by molar-refractivity contribution is 7.91. The molecular formula is C26H29FN6O2S. The minimum Gasteiger partial charge on any atom is -0.368 e. The third-order valence-corrected chi connectivity index (χ3v) is 8.40. The Hall–Kier alpha value is -3.52. The van der Waals surface area contributed by atoms with Gasteiger partial charge in [0.15, 0.2) is 6.23 Å². The highest BCUT2D eigenvalue weighted by Crippen LogP contribution is 2.33. The number of hydrogen-bond acceptors (Lipinski definition) is 6. The van der Waals surface area contributed by atoms with Crippen molar-refractivity contribution in [2.75, 3.05) is 12.4 Å². The average Bonchev–Trinajstić information content (AvgIpc) is 3.14. The SMILES string of the molecule is CN=S1(=O)N[C@@H](C(C)CCc2ccccc2)C=Cc2c1cn(C)c2C(O)Nc1cc(F)nc(C#N)c1. The van der Waals surface area contributed by atoms with Crippen LogP contribution in [0.15, 0.2) is 64.0 Å². The molecule has 1 aliphatic rings. The van der Waals surface area contributed by atoms with Crippen molar-refractivity contribution in [1.29, 1.82) is 5.26 Å². The van der Waals surface area contributed by atoms with Crippen LogP contribution in [-0.2, 0) is 23.4 Å². The number of hydrogen-bond donors (Lipinski definition) is 3. The van der Waals surface area contributed by atoms with Crippen LogP contribution in [0.5, 0.6) is 0 Å². The van der Waals surface area contributed by atoms with Crippen molar-refractivity contribution in [2.45, 2.75) is 36.9 Å². The predicted octanol–water partition coefficient (Wildman–Crippen LogP) is 4.16. The highest BCUT2D eigenvalue weighted by atomic mass is 32.2. The summed E-state index contributed by atoms with van der Waals surface area (Å²) in [6, 6.07) is 14.3. The van der Waals surface area contributed by atoms with Gasteiger partial charge in [-0.1, -0.05) is 49.4 Å². The third-order valence-electron chi connectivity index (χ3n) is 6.37. The van der Waals surface area contributed by atoms with Gasteiger partial charge in [0.2, 0.25) is 5.95 Å². The Morgan fingerprint density at radius 3 is 2.81 bits per heavy atom. The van der Waals surface area contributed by atoms with E-state index in [-0.39, 0.29) is 23.3 Å². The molecule has 8 nitrogen and oxygen atoms in total. The van der Waals surface area contributed by atoms with E-state index in [1.165, 1.54) is 18.7 Å². The number of fused-ring (bicyclic) bond motifs is 1. The van der Waals surface area contributed by atoms with Gasteiger partial charge in [-0.05, 0) is 30.4 Å². The topological polar surface area (TPSA) is 115 Å². The Morgan fingerprint density at radius 1 is 1.36 bits per heavy atom. The number of pyridine rings is 1. The van der Waals surface area contributed by atoms with E-state index in [4.69, 9.17) is 5.26 Å². The number of halogens is 1. The van der Waals surface area contributed by atoms with Gasteiger partial charge in [-0.25, -0.2) is 18.3 Å². The molecule has 1 aromatic carbocycles. The number of aliphatic hydroxyl groups excluding tert-OH is 1. The lowest BCUT2D eigenvalue weighted by Crippen LogP contribution is -2.37. The normalized spacial score (nSPS) is 20.6. The summed E-state index contributed by atoms with van der Waals surface area (Å²) in [7, 11) is 0.256. The molecule has 36 heavy (non-hydrogen) atoms. The summed E-state index contributed by atoms with van der Waals surface area (Å²) in [5, 5.41) is 22.9. The summed E-state index contributed by atoms with van der Waals surface area (Å²) in [6.45, 7) is 2.11. The van der Waals surface area contributed by atoms with Crippen LogP contribution in [-0.4, -0.2) is 32.0 Å². The zero-order valence-electron chi connectivity index (χ0n) is 20.4. The van der Waals surface area contributed by atoms with Crippen LogP contribution in [0.25, 0.3) is 6.08 Å². The Morgan fingerprint density at radius 2 is 2.11 bits per heavy atom. The van der Waals surface area contributed by atoms with Gasteiger partial charge in [0.1, 0.15) is 21.7 Å². The molecule has 0 aliphatic carbocycles. The summed E-state index contributed by atoms with van der Waals surface area (Å²) >= 11 is 0. The first-order valence-corrected chi connectivity index (χ1v) is 13.1. The van der Waals surface area contributed by atoms with Gasteiger partial charge in [0, 0.05) is 43.7 Å². The van der Waals surface area contributed by atoms with Crippen molar-refractivity contribution < 1.29 is 13.7 Å². The molecule has 0 bridgehead atoms. The first kappa shape index (κ1) is 25.6. The van der Waals surface area contributed by atoms with E-state index in [1.54, 1.807) is 23.9 Å². The number of aromatic nitrogens is 2. The molecule has 0 saturated carbocycles. The Bertz CT molecular complexity index is 1440. The van der Waals surface area contributed by atoms with Crippen molar-refractivity contribution in [1.82, 2.24) is 14.3 Å². The molecule has 0 radical (unpaired) electrons. The number of nitrogens with one attached hydrogen (secondary N) is 2. The van der Waals surface area contributed by atoms with E-state index in [0.29, 0.717) is 16.2 Å². The Labute approximate surface area is 210 Å². The molecule has 10 heteroatoms. The van der Waals surface area contributed by atoms with Gasteiger partial charge in [-0.15, -0.1) is 0 Å². The summed E-state index contributed by atoms with van der Waals surface area (Å²) in [5.74, 6) is -0.670. The van der Waals surface area contributed by atoms with E-state index < -0.39 is 22.1 Å². The third kappa shape index (κ3) is 5.33. The summed E-state index contributed by atoms with van der Waals surface area (Å²) in [5.41, 5.74) is 2.35. The number of anilines is 1. The predicted molar refractivity (Wildman–Crippen MR) is 138 cm³/mol. The minimum atomic E-state index is -2.99. The van der Waals surface area contributed by atoms with Crippen molar-refractivity contribution in [2.24, 2.45) is 17.3 Å². The largest absolute Gasteiger partial charge is 0.368 e. The van der Waals surface area contributed by atoms with Crippen LogP contribution in [0.2, 0.25) is 0 Å². The molecule has 0 fully saturated rings. The zero-order valence-corrected chi connectivity index (χ0v) is 21.2. The number of rotatable bonds is 7. The maximum absolute atomic E-state index is 14.0. The molecule has 2 aromatic heterocycles. The van der Waals surface area contributed by atoms with Crippen molar-refractivity contribution >= 4 is 21.7 Å². The monoisotopic (exact) mass is 508 g/mol. The van der Waals surface area contributed by atoms with E-state index in [9.17, 15) is 13.7 Å². The summed E-state index contributed by atoms with van der Waals surface area (Å²) in [4.78, 5) is 3.96. The van der Waals surface area contributed by atoms with Crippen LogP contribution in [0, 0.1) is 23.2 Å². The lowest BCUT2D eigenvalue weighted by molar-refractivity contribution is 0.199. The van der Waals surface area contributed by atoms with E-state index in [2.05, 4.69) is 38.4 Å². The second-order valence-electron chi connectivity index (χ2n) is 8.84. The fourth-order valence-corrected chi connectivity index (χ4v) is 6.27. The number of benzene rings is 1. The molecule has 4 atom stereocenters. The average molecular weight is 509 g/mol. The zero-order chi connectivity index (χ0) is 25.9. The second-order valence-corrected chi connectivity index (χ2v) is 10.9. The van der Waals surface area contributed by atoms with Gasteiger partial charge in [0.05, 0.1) is 10.6 Å². The molecule has 3 N–H and O–H groups in total. The smallest absolute Gasteiger partial charge is 0.216 e. The summed E-state index contributed by atoms with van der Waals surface area (Å²) < 4.78 is 36.9. The molecule has 0 saturated heterocycles. The Balaban J connectivity index is 1.63. The number of aliphatic hydroxyl groups is 1. The fourth-order valence-electron chi connectivity index (χ4n) is 4.39. The molecule has 3 heterocycles. The van der Waals surface area contributed by atoms with E-state index in [1.807, 2.05) is 30.4 Å². The standard InChI is InChI=1S/C26H29FN6O2S/c1-17(9-10-18-7-5-4-6-8-18)22-12-11-21-23(36(35,29-2)32-22)16-33(3)25(21)26(34)31-19-13-20(15-28)30-24(27)14-19/h4-8,11-14,16-17,22,26,34H,9-10H2,1-3H3,(H,30,31)(H,29,32,35)/t17?,22-,26?,36?/m1/s1. The van der Waals surface area contributed by atoms with Gasteiger partial charge in [0.25, 0.3) is 0 Å². The van der Waals surface area contributed by atoms with Crippen LogP contribution >= 0.6 is 0 Å². The second kappa shape index (κ2) is 10.6. The van der Waals surface area contributed by atoms with Crippen molar-refractivity contribution in [3.63, 3.8) is 0 Å². The van der Waals surface area contributed by atoms with Crippen LogP contribution < -0.4 is 10.0 Å². The van der Waals surface area contributed by atoms with Gasteiger partial charge < -0.3 is 15.0 Å².